The number of hydrazine groups is 1. The molecule has 0 bridgehead atoms. The van der Waals surface area contributed by atoms with E-state index in [9.17, 15) is 4.79 Å². The summed E-state index contributed by atoms with van der Waals surface area (Å²) < 4.78 is 5.31. The lowest BCUT2D eigenvalue weighted by Crippen LogP contribution is -2.47. The summed E-state index contributed by atoms with van der Waals surface area (Å²) in [6.45, 7) is 1.49. The van der Waals surface area contributed by atoms with Crippen molar-refractivity contribution in [1.82, 2.24) is 10.9 Å². The minimum Gasteiger partial charge on any atom is -0.380 e. The number of hydrogen-bond donors (Lipinski definition) is 2. The van der Waals surface area contributed by atoms with Crippen LogP contribution in [-0.2, 0) is 4.74 Å². The van der Waals surface area contributed by atoms with Crippen LogP contribution in [0, 0.1) is 0 Å². The molecule has 1 aliphatic rings. The van der Waals surface area contributed by atoms with Gasteiger partial charge in [0.05, 0.1) is 6.61 Å². The number of carbonyl (C=O) groups excluding carboxylic acids is 1. The summed E-state index contributed by atoms with van der Waals surface area (Å²) in [5.74, 6) is -0.105. The van der Waals surface area contributed by atoms with Gasteiger partial charge < -0.3 is 4.74 Å². The van der Waals surface area contributed by atoms with Gasteiger partial charge in [-0.3, -0.25) is 10.2 Å². The number of ether oxygens (including phenoxy) is 1. The maximum absolute atomic E-state index is 11.7. The number of amides is 1. The molecule has 1 fully saturated rings. The van der Waals surface area contributed by atoms with Crippen molar-refractivity contribution < 1.29 is 9.53 Å². The second-order valence-corrected chi connectivity index (χ2v) is 3.88. The topological polar surface area (TPSA) is 50.4 Å². The molecule has 86 valence electrons. The minimum absolute atomic E-state index is 0.105. The number of carbonyl (C=O) groups is 1. The number of nitrogens with one attached hydrogen (secondary N) is 2. The molecule has 0 radical (unpaired) electrons. The van der Waals surface area contributed by atoms with Crippen LogP contribution in [0.3, 0.4) is 0 Å². The molecule has 0 unspecified atom stereocenters. The van der Waals surface area contributed by atoms with Crippen molar-refractivity contribution in [2.75, 3.05) is 13.2 Å². The lowest BCUT2D eigenvalue weighted by Gasteiger charge is -2.23. The first kappa shape index (κ1) is 11.1. The Hall–Kier alpha value is -1.39. The fourth-order valence-electron chi connectivity index (χ4n) is 1.68. The molecule has 1 aromatic carbocycles. The van der Waals surface area contributed by atoms with Crippen molar-refractivity contribution >= 4 is 5.91 Å². The molecule has 0 saturated carbocycles. The maximum Gasteiger partial charge on any atom is 0.265 e. The first-order valence-electron chi connectivity index (χ1n) is 5.55. The Labute approximate surface area is 95.0 Å². The molecule has 1 amide bonds. The molecule has 1 aromatic rings. The second kappa shape index (κ2) is 5.63. The van der Waals surface area contributed by atoms with Crippen LogP contribution in [0.1, 0.15) is 23.2 Å². The van der Waals surface area contributed by atoms with Gasteiger partial charge in [0.1, 0.15) is 0 Å². The molecule has 1 atom stereocenters. The fourth-order valence-corrected chi connectivity index (χ4v) is 1.68. The van der Waals surface area contributed by atoms with Gasteiger partial charge in [-0.15, -0.1) is 0 Å². The van der Waals surface area contributed by atoms with E-state index in [-0.39, 0.29) is 11.9 Å². The summed E-state index contributed by atoms with van der Waals surface area (Å²) >= 11 is 0. The van der Waals surface area contributed by atoms with Gasteiger partial charge in [-0.1, -0.05) is 18.2 Å². The van der Waals surface area contributed by atoms with E-state index in [1.54, 1.807) is 12.1 Å². The largest absolute Gasteiger partial charge is 0.380 e. The Morgan fingerprint density at radius 3 is 2.81 bits per heavy atom. The van der Waals surface area contributed by atoms with Gasteiger partial charge in [-0.05, 0) is 25.0 Å². The normalized spacial score (nSPS) is 20.4. The van der Waals surface area contributed by atoms with Crippen LogP contribution in [0.5, 0.6) is 0 Å². The summed E-state index contributed by atoms with van der Waals surface area (Å²) in [4.78, 5) is 11.7. The van der Waals surface area contributed by atoms with E-state index in [0.29, 0.717) is 12.2 Å². The second-order valence-electron chi connectivity index (χ2n) is 3.88. The lowest BCUT2D eigenvalue weighted by atomic mass is 10.1. The first-order valence-corrected chi connectivity index (χ1v) is 5.55. The number of benzene rings is 1. The van der Waals surface area contributed by atoms with Crippen LogP contribution in [0.4, 0.5) is 0 Å². The van der Waals surface area contributed by atoms with Crippen molar-refractivity contribution in [3.8, 4) is 0 Å². The summed E-state index contributed by atoms with van der Waals surface area (Å²) in [5, 5.41) is 0. The average molecular weight is 220 g/mol. The zero-order valence-corrected chi connectivity index (χ0v) is 9.11. The summed E-state index contributed by atoms with van der Waals surface area (Å²) in [5.41, 5.74) is 6.35. The minimum atomic E-state index is -0.105. The van der Waals surface area contributed by atoms with E-state index in [2.05, 4.69) is 10.9 Å². The number of hydrogen-bond acceptors (Lipinski definition) is 3. The lowest BCUT2D eigenvalue weighted by molar-refractivity contribution is 0.0619. The van der Waals surface area contributed by atoms with Gasteiger partial charge in [0.15, 0.2) is 0 Å². The molecule has 0 spiro atoms. The van der Waals surface area contributed by atoms with Crippen molar-refractivity contribution in [2.45, 2.75) is 18.9 Å². The molecular formula is C12H16N2O2. The molecule has 2 N–H and O–H groups in total. The van der Waals surface area contributed by atoms with Gasteiger partial charge >= 0.3 is 0 Å². The van der Waals surface area contributed by atoms with Gasteiger partial charge in [0.25, 0.3) is 5.91 Å². The average Bonchev–Trinajstić information content (AvgIpc) is 2.38. The highest BCUT2D eigenvalue weighted by atomic mass is 16.5. The third-order valence-corrected chi connectivity index (χ3v) is 2.59. The SMILES string of the molecule is O=C(NN[C@@H]1CCCOC1)c1ccccc1. The van der Waals surface area contributed by atoms with E-state index in [0.717, 1.165) is 19.4 Å². The molecule has 0 aromatic heterocycles. The summed E-state index contributed by atoms with van der Waals surface area (Å²) in [6.07, 6.45) is 2.08. The highest BCUT2D eigenvalue weighted by Crippen LogP contribution is 2.05. The predicted molar refractivity (Wildman–Crippen MR) is 60.9 cm³/mol. The van der Waals surface area contributed by atoms with Crippen LogP contribution < -0.4 is 10.9 Å². The monoisotopic (exact) mass is 220 g/mol. The molecule has 1 aliphatic heterocycles. The van der Waals surface area contributed by atoms with Gasteiger partial charge in [-0.25, -0.2) is 5.43 Å². The van der Waals surface area contributed by atoms with Crippen LogP contribution in [0.15, 0.2) is 30.3 Å². The molecule has 1 heterocycles. The Balaban J connectivity index is 1.79. The predicted octanol–water partition coefficient (Wildman–Crippen LogP) is 1.10. The Morgan fingerprint density at radius 2 is 2.12 bits per heavy atom. The van der Waals surface area contributed by atoms with Crippen LogP contribution >= 0.6 is 0 Å². The highest BCUT2D eigenvalue weighted by Gasteiger charge is 2.14. The van der Waals surface area contributed by atoms with Crippen molar-refractivity contribution in [3.63, 3.8) is 0 Å². The number of rotatable bonds is 3. The Bertz CT molecular complexity index is 334. The zero-order chi connectivity index (χ0) is 11.2. The van der Waals surface area contributed by atoms with Crippen LogP contribution in [-0.4, -0.2) is 25.2 Å². The van der Waals surface area contributed by atoms with E-state index in [4.69, 9.17) is 4.74 Å². The van der Waals surface area contributed by atoms with Crippen LogP contribution in [0.2, 0.25) is 0 Å². The molecule has 16 heavy (non-hydrogen) atoms. The third-order valence-electron chi connectivity index (χ3n) is 2.59. The van der Waals surface area contributed by atoms with Gasteiger partial charge in [0.2, 0.25) is 0 Å². The van der Waals surface area contributed by atoms with E-state index in [1.807, 2.05) is 18.2 Å². The molecule has 4 nitrogen and oxygen atoms in total. The van der Waals surface area contributed by atoms with Crippen LogP contribution in [0.25, 0.3) is 0 Å². The van der Waals surface area contributed by atoms with Gasteiger partial charge in [0, 0.05) is 18.2 Å². The molecule has 1 saturated heterocycles. The zero-order valence-electron chi connectivity index (χ0n) is 9.11. The van der Waals surface area contributed by atoms with Gasteiger partial charge in [-0.2, -0.15) is 0 Å². The van der Waals surface area contributed by atoms with Crippen molar-refractivity contribution in [2.24, 2.45) is 0 Å². The standard InChI is InChI=1S/C12H16N2O2/c15-12(10-5-2-1-3-6-10)14-13-11-7-4-8-16-9-11/h1-3,5-6,11,13H,4,7-9H2,(H,14,15)/t11-/m1/s1. The molecular weight excluding hydrogens is 204 g/mol. The molecule has 2 rings (SSSR count). The Kier molecular flexibility index (Phi) is 3.91. The quantitative estimate of drug-likeness (QED) is 0.750. The Morgan fingerprint density at radius 1 is 1.31 bits per heavy atom. The van der Waals surface area contributed by atoms with Crippen molar-refractivity contribution in [3.05, 3.63) is 35.9 Å². The maximum atomic E-state index is 11.7. The van der Waals surface area contributed by atoms with E-state index in [1.165, 1.54) is 0 Å². The third kappa shape index (κ3) is 3.05. The van der Waals surface area contributed by atoms with E-state index < -0.39 is 0 Å². The summed E-state index contributed by atoms with van der Waals surface area (Å²) in [7, 11) is 0. The smallest absolute Gasteiger partial charge is 0.265 e. The molecule has 0 aliphatic carbocycles. The first-order chi connectivity index (χ1) is 7.86. The van der Waals surface area contributed by atoms with E-state index >= 15 is 0 Å². The molecule has 4 heteroatoms. The summed E-state index contributed by atoms with van der Waals surface area (Å²) in [6, 6.07) is 9.38. The highest BCUT2D eigenvalue weighted by molar-refractivity contribution is 5.93. The van der Waals surface area contributed by atoms with Crippen molar-refractivity contribution in [1.29, 1.82) is 0 Å². The fraction of sp³-hybridized carbons (Fsp3) is 0.417.